The first kappa shape index (κ1) is 35.7. The summed E-state index contributed by atoms with van der Waals surface area (Å²) in [6, 6.07) is 5.94. The van der Waals surface area contributed by atoms with Gasteiger partial charge in [0.05, 0.1) is 7.11 Å². The number of carbonyl (C=O) groups is 4. The summed E-state index contributed by atoms with van der Waals surface area (Å²) in [6.07, 6.45) is 2.56. The molecule has 13 nitrogen and oxygen atoms in total. The first-order valence-corrected chi connectivity index (χ1v) is 16.6. The van der Waals surface area contributed by atoms with Gasteiger partial charge in [-0.05, 0) is 44.0 Å². The van der Waals surface area contributed by atoms with Crippen LogP contribution in [-0.4, -0.2) is 88.5 Å². The van der Waals surface area contributed by atoms with Crippen LogP contribution in [0.2, 0.25) is 0 Å². The Morgan fingerprint density at radius 1 is 1.23 bits per heavy atom. The molecule has 3 heterocycles. The Balaban J connectivity index is 1.49. The summed E-state index contributed by atoms with van der Waals surface area (Å²) in [5.41, 5.74) is 0.220. The van der Waals surface area contributed by atoms with E-state index in [0.29, 0.717) is 22.6 Å². The fourth-order valence-corrected chi connectivity index (χ4v) is 6.36. The minimum Gasteiger partial charge on any atom is -0.497 e. The van der Waals surface area contributed by atoms with Crippen LogP contribution < -0.4 is 15.4 Å². The van der Waals surface area contributed by atoms with Gasteiger partial charge in [-0.2, -0.15) is 0 Å². The number of anilines is 1. The molecule has 0 spiro atoms. The number of β-lactam (4-membered cyclic amide) rings is 1. The summed E-state index contributed by atoms with van der Waals surface area (Å²) in [4.78, 5) is 62.8. The molecule has 2 aromatic rings. The van der Waals surface area contributed by atoms with Crippen LogP contribution in [-0.2, 0) is 35.3 Å². The van der Waals surface area contributed by atoms with Crippen LogP contribution in [0, 0.1) is 0 Å². The number of hydrogen-bond acceptors (Lipinski definition) is 12. The zero-order valence-electron chi connectivity index (χ0n) is 25.9. The maximum atomic E-state index is 13.5. The molecule has 0 bridgehead atoms. The maximum absolute atomic E-state index is 13.5. The molecule has 0 aliphatic carbocycles. The lowest BCUT2D eigenvalue weighted by atomic mass is 10.0. The lowest BCUT2D eigenvalue weighted by molar-refractivity contribution is -0.153. The molecule has 2 atom stereocenters. The molecule has 252 valence electrons. The van der Waals surface area contributed by atoms with Gasteiger partial charge in [-0.1, -0.05) is 29.4 Å². The van der Waals surface area contributed by atoms with Crippen molar-refractivity contribution in [2.45, 2.75) is 44.4 Å². The molecule has 47 heavy (non-hydrogen) atoms. The highest BCUT2D eigenvalue weighted by Crippen LogP contribution is 2.41. The van der Waals surface area contributed by atoms with Crippen molar-refractivity contribution in [1.29, 1.82) is 0 Å². The predicted octanol–water partition coefficient (Wildman–Crippen LogP) is 4.38. The van der Waals surface area contributed by atoms with Crippen LogP contribution >= 0.6 is 34.7 Å². The van der Waals surface area contributed by atoms with Crippen molar-refractivity contribution >= 4 is 69.4 Å². The largest absolute Gasteiger partial charge is 0.497 e. The SMILES string of the molecule is COc1ccc(COC(=O)C2=C(/C=C\CCl)CS[C@H]3[C@H](NC(=O)C(=NOCCF)c4csc(NC(=O)OC(C)(C)C)n4)C(=O)N23)cc1. The van der Waals surface area contributed by atoms with E-state index in [9.17, 15) is 23.6 Å². The quantitative estimate of drug-likeness (QED) is 0.0764. The third-order valence-electron chi connectivity index (χ3n) is 6.31. The van der Waals surface area contributed by atoms with E-state index in [2.05, 4.69) is 20.8 Å². The number of hydrogen-bond donors (Lipinski definition) is 2. The fraction of sp³-hybridized carbons (Fsp3) is 0.400. The Bertz CT molecular complexity index is 1570. The summed E-state index contributed by atoms with van der Waals surface area (Å²) in [5.74, 6) is -0.940. The highest BCUT2D eigenvalue weighted by Gasteiger charge is 2.54. The molecule has 4 rings (SSSR count). The van der Waals surface area contributed by atoms with E-state index < -0.39 is 54.2 Å². The van der Waals surface area contributed by atoms with Crippen LogP contribution in [0.25, 0.3) is 0 Å². The van der Waals surface area contributed by atoms with Crippen LogP contribution in [0.4, 0.5) is 14.3 Å². The summed E-state index contributed by atoms with van der Waals surface area (Å²) in [5, 5.41) is 9.75. The molecule has 2 aliphatic rings. The highest BCUT2D eigenvalue weighted by atomic mass is 35.5. The number of aromatic nitrogens is 1. The number of halogens is 2. The number of amides is 3. The average Bonchev–Trinajstić information content (AvgIpc) is 3.49. The molecule has 17 heteroatoms. The number of alkyl halides is 2. The van der Waals surface area contributed by atoms with Crippen LogP contribution in [0.5, 0.6) is 5.75 Å². The zero-order chi connectivity index (χ0) is 34.1. The first-order chi connectivity index (χ1) is 22.4. The number of nitrogens with one attached hydrogen (secondary N) is 2. The second-order valence-corrected chi connectivity index (χ2v) is 13.1. The van der Waals surface area contributed by atoms with Gasteiger partial charge in [0.2, 0.25) is 0 Å². The number of ether oxygens (including phenoxy) is 3. The van der Waals surface area contributed by atoms with Crippen molar-refractivity contribution in [3.05, 3.63) is 64.3 Å². The number of esters is 1. The summed E-state index contributed by atoms with van der Waals surface area (Å²) < 4.78 is 28.7. The van der Waals surface area contributed by atoms with Crippen molar-refractivity contribution < 1.29 is 42.6 Å². The van der Waals surface area contributed by atoms with E-state index >= 15 is 0 Å². The van der Waals surface area contributed by atoms with Crippen molar-refractivity contribution in [3.63, 3.8) is 0 Å². The Morgan fingerprint density at radius 2 is 1.98 bits per heavy atom. The van der Waals surface area contributed by atoms with E-state index in [1.807, 2.05) is 0 Å². The molecule has 0 saturated carbocycles. The number of oxime groups is 1. The third-order valence-corrected chi connectivity index (χ3v) is 8.55. The summed E-state index contributed by atoms with van der Waals surface area (Å²) in [6.45, 7) is 3.77. The number of nitrogens with zero attached hydrogens (tertiary/aromatic N) is 3. The molecule has 2 aliphatic heterocycles. The topological polar surface area (TPSA) is 158 Å². The minimum atomic E-state index is -1.04. The molecule has 1 fully saturated rings. The smallest absolute Gasteiger partial charge is 0.413 e. The van der Waals surface area contributed by atoms with Crippen LogP contribution in [0.1, 0.15) is 32.0 Å². The normalized spacial score (nSPS) is 18.0. The Kier molecular flexibility index (Phi) is 12.2. The van der Waals surface area contributed by atoms with Gasteiger partial charge < -0.3 is 24.4 Å². The van der Waals surface area contributed by atoms with E-state index in [0.717, 1.165) is 11.3 Å². The molecular formula is C30H33ClFN5O8S2. The monoisotopic (exact) mass is 709 g/mol. The number of methoxy groups -OCH3 is 1. The number of benzene rings is 1. The predicted molar refractivity (Wildman–Crippen MR) is 175 cm³/mol. The fourth-order valence-electron chi connectivity index (χ4n) is 4.28. The van der Waals surface area contributed by atoms with Gasteiger partial charge in [0.1, 0.15) is 54.0 Å². The van der Waals surface area contributed by atoms with E-state index in [1.165, 1.54) is 22.0 Å². The Morgan fingerprint density at radius 3 is 2.64 bits per heavy atom. The van der Waals surface area contributed by atoms with Crippen molar-refractivity contribution in [2.75, 3.05) is 37.3 Å². The molecule has 3 amide bonds. The summed E-state index contributed by atoms with van der Waals surface area (Å²) >= 11 is 8.15. The average molecular weight is 710 g/mol. The first-order valence-electron chi connectivity index (χ1n) is 14.2. The maximum Gasteiger partial charge on any atom is 0.413 e. The van der Waals surface area contributed by atoms with Gasteiger partial charge in [0.15, 0.2) is 10.8 Å². The van der Waals surface area contributed by atoms with Gasteiger partial charge in [-0.15, -0.1) is 34.7 Å². The number of thiazole rings is 1. The van der Waals surface area contributed by atoms with Crippen molar-refractivity contribution in [2.24, 2.45) is 5.16 Å². The van der Waals surface area contributed by atoms with E-state index in [1.54, 1.807) is 64.3 Å². The molecule has 1 aromatic carbocycles. The number of carbonyl (C=O) groups excluding carboxylic acids is 4. The van der Waals surface area contributed by atoms with Gasteiger partial charge in [0.25, 0.3) is 11.8 Å². The number of thioether (sulfide) groups is 1. The molecule has 2 N–H and O–H groups in total. The molecular weight excluding hydrogens is 677 g/mol. The molecule has 0 radical (unpaired) electrons. The zero-order valence-corrected chi connectivity index (χ0v) is 28.3. The second kappa shape index (κ2) is 16.1. The molecule has 1 aromatic heterocycles. The van der Waals surface area contributed by atoms with Gasteiger partial charge in [0, 0.05) is 17.0 Å². The number of fused-ring (bicyclic) bond motifs is 1. The lowest BCUT2D eigenvalue weighted by Crippen LogP contribution is -2.71. The minimum absolute atomic E-state index is 0.00790. The number of rotatable bonds is 13. The van der Waals surface area contributed by atoms with E-state index in [-0.39, 0.29) is 34.7 Å². The number of allylic oxidation sites excluding steroid dienone is 2. The Hall–Kier alpha value is -4.15. The van der Waals surface area contributed by atoms with Crippen molar-refractivity contribution in [1.82, 2.24) is 15.2 Å². The van der Waals surface area contributed by atoms with Gasteiger partial charge in [-0.3, -0.25) is 19.8 Å². The highest BCUT2D eigenvalue weighted by molar-refractivity contribution is 8.00. The second-order valence-electron chi connectivity index (χ2n) is 10.8. The summed E-state index contributed by atoms with van der Waals surface area (Å²) in [7, 11) is 1.55. The molecule has 1 saturated heterocycles. The van der Waals surface area contributed by atoms with Gasteiger partial charge in [-0.25, -0.2) is 19.0 Å². The van der Waals surface area contributed by atoms with Crippen molar-refractivity contribution in [3.8, 4) is 5.75 Å². The van der Waals surface area contributed by atoms with Crippen LogP contribution in [0.15, 0.2) is 58.2 Å². The lowest BCUT2D eigenvalue weighted by Gasteiger charge is -2.49. The third kappa shape index (κ3) is 9.23. The van der Waals surface area contributed by atoms with E-state index in [4.69, 9.17) is 30.6 Å². The van der Waals surface area contributed by atoms with Crippen LogP contribution in [0.3, 0.4) is 0 Å². The standard InChI is InChI=1S/C30H33ClFN5O8S2/c1-30(2,3)45-29(41)35-28-33-20(16-47-28)21(36-44-13-12-32)24(38)34-22-25(39)37-23(18(6-5-11-31)15-46-26(22)37)27(40)43-14-17-7-9-19(42-4)10-8-17/h5-10,16,22,26H,11-15H2,1-4H3,(H,34,38)(H,33,35,41)/b6-5-,36-21?/t22-,26+/m1/s1. The molecule has 0 unspecified atom stereocenters. The Labute approximate surface area is 283 Å². The van der Waals surface area contributed by atoms with Gasteiger partial charge >= 0.3 is 12.1 Å².